The standard InChI is InChI=1S/C12H14BrN3O3S/c1-3-18-10-5-8(6-15-16-12(14)20)4-9(13)11(10)19-7(2)17/h4-6H,3H2,1-2H3,(H3,14,16,20). The van der Waals surface area contributed by atoms with E-state index in [-0.39, 0.29) is 5.11 Å². The number of nitrogens with zero attached hydrogens (tertiary/aromatic N) is 1. The van der Waals surface area contributed by atoms with Gasteiger partial charge in [0.1, 0.15) is 0 Å². The van der Waals surface area contributed by atoms with Gasteiger partial charge in [-0.05, 0) is 52.8 Å². The summed E-state index contributed by atoms with van der Waals surface area (Å²) in [7, 11) is 0. The number of esters is 1. The van der Waals surface area contributed by atoms with Crippen molar-refractivity contribution in [3.05, 3.63) is 22.2 Å². The zero-order valence-electron chi connectivity index (χ0n) is 11.0. The first-order chi connectivity index (χ1) is 9.43. The lowest BCUT2D eigenvalue weighted by atomic mass is 10.2. The molecule has 20 heavy (non-hydrogen) atoms. The van der Waals surface area contributed by atoms with Crippen LogP contribution >= 0.6 is 28.1 Å². The molecule has 0 saturated heterocycles. The Morgan fingerprint density at radius 2 is 2.30 bits per heavy atom. The van der Waals surface area contributed by atoms with E-state index in [9.17, 15) is 4.79 Å². The Bertz CT molecular complexity index is 549. The summed E-state index contributed by atoms with van der Waals surface area (Å²) < 4.78 is 11.1. The Morgan fingerprint density at radius 3 is 2.85 bits per heavy atom. The molecule has 0 fully saturated rings. The van der Waals surface area contributed by atoms with Crippen LogP contribution in [0.25, 0.3) is 0 Å². The highest BCUT2D eigenvalue weighted by atomic mass is 79.9. The van der Waals surface area contributed by atoms with Crippen molar-refractivity contribution in [1.82, 2.24) is 5.43 Å². The third-order valence-corrected chi connectivity index (χ3v) is 2.65. The van der Waals surface area contributed by atoms with Gasteiger partial charge in [-0.15, -0.1) is 0 Å². The predicted octanol–water partition coefficient (Wildman–Crippen LogP) is 1.94. The number of hydrogen-bond acceptors (Lipinski definition) is 5. The van der Waals surface area contributed by atoms with Crippen LogP contribution < -0.4 is 20.6 Å². The summed E-state index contributed by atoms with van der Waals surface area (Å²) in [6, 6.07) is 3.42. The first kappa shape index (κ1) is 16.4. The highest BCUT2D eigenvalue weighted by molar-refractivity contribution is 9.10. The van der Waals surface area contributed by atoms with E-state index >= 15 is 0 Å². The molecule has 0 unspecified atom stereocenters. The molecule has 6 nitrogen and oxygen atoms in total. The lowest BCUT2D eigenvalue weighted by Crippen LogP contribution is -2.24. The Balaban J connectivity index is 3.08. The number of carbonyl (C=O) groups excluding carboxylic acids is 1. The van der Waals surface area contributed by atoms with Gasteiger partial charge >= 0.3 is 5.97 Å². The summed E-state index contributed by atoms with van der Waals surface area (Å²) in [6.45, 7) is 3.59. The normalized spacial score (nSPS) is 10.3. The van der Waals surface area contributed by atoms with Crippen LogP contribution in [0.5, 0.6) is 11.5 Å². The molecule has 0 aliphatic rings. The fourth-order valence-electron chi connectivity index (χ4n) is 1.34. The van der Waals surface area contributed by atoms with Crippen LogP contribution in [-0.2, 0) is 4.79 Å². The molecule has 0 aliphatic carbocycles. The molecule has 0 aromatic heterocycles. The van der Waals surface area contributed by atoms with Crippen LogP contribution in [0, 0.1) is 0 Å². The Labute approximate surface area is 130 Å². The number of nitrogens with two attached hydrogens (primary N) is 1. The van der Waals surface area contributed by atoms with Gasteiger partial charge in [0.05, 0.1) is 17.3 Å². The number of thiocarbonyl (C=S) groups is 1. The molecule has 0 saturated carbocycles. The monoisotopic (exact) mass is 359 g/mol. The summed E-state index contributed by atoms with van der Waals surface area (Å²) in [4.78, 5) is 11.1. The van der Waals surface area contributed by atoms with Gasteiger partial charge in [-0.25, -0.2) is 0 Å². The third kappa shape index (κ3) is 5.14. The minimum Gasteiger partial charge on any atom is -0.490 e. The molecule has 0 aliphatic heterocycles. The summed E-state index contributed by atoms with van der Waals surface area (Å²) in [5, 5.41) is 3.92. The minimum absolute atomic E-state index is 0.0712. The number of halogens is 1. The molecule has 0 bridgehead atoms. The molecule has 3 N–H and O–H groups in total. The van der Waals surface area contributed by atoms with Gasteiger partial charge in [-0.3, -0.25) is 10.2 Å². The van der Waals surface area contributed by atoms with Gasteiger partial charge in [0.15, 0.2) is 16.6 Å². The maximum atomic E-state index is 11.1. The zero-order chi connectivity index (χ0) is 15.1. The Hall–Kier alpha value is -1.67. The van der Waals surface area contributed by atoms with E-state index in [0.29, 0.717) is 22.6 Å². The maximum Gasteiger partial charge on any atom is 0.308 e. The van der Waals surface area contributed by atoms with E-state index in [1.807, 2.05) is 6.92 Å². The molecule has 8 heteroatoms. The van der Waals surface area contributed by atoms with E-state index in [2.05, 4.69) is 38.7 Å². The molecule has 108 valence electrons. The number of rotatable bonds is 5. The van der Waals surface area contributed by atoms with Crippen LogP contribution in [0.3, 0.4) is 0 Å². The fraction of sp³-hybridized carbons (Fsp3) is 0.250. The van der Waals surface area contributed by atoms with Crippen LogP contribution in [0.15, 0.2) is 21.7 Å². The molecule has 0 heterocycles. The number of ether oxygens (including phenoxy) is 2. The second-order valence-corrected chi connectivity index (χ2v) is 4.89. The van der Waals surface area contributed by atoms with Crippen molar-refractivity contribution >= 4 is 45.4 Å². The molecule has 1 aromatic carbocycles. The van der Waals surface area contributed by atoms with E-state index in [1.165, 1.54) is 13.1 Å². The van der Waals surface area contributed by atoms with Crippen molar-refractivity contribution in [2.24, 2.45) is 10.8 Å². The topological polar surface area (TPSA) is 85.9 Å². The third-order valence-electron chi connectivity index (χ3n) is 1.97. The van der Waals surface area contributed by atoms with E-state index in [0.717, 1.165) is 5.56 Å². The van der Waals surface area contributed by atoms with Gasteiger partial charge in [0, 0.05) is 6.92 Å². The van der Waals surface area contributed by atoms with Gasteiger partial charge in [-0.1, -0.05) is 0 Å². The summed E-state index contributed by atoms with van der Waals surface area (Å²) >= 11 is 7.96. The quantitative estimate of drug-likeness (QED) is 0.274. The molecule has 1 aromatic rings. The average Bonchev–Trinajstić information content (AvgIpc) is 2.33. The van der Waals surface area contributed by atoms with Crippen molar-refractivity contribution in [2.45, 2.75) is 13.8 Å². The SMILES string of the molecule is CCOc1cc(C=NNC(N)=S)cc(Br)c1OC(C)=O. The van der Waals surface area contributed by atoms with Crippen LogP contribution in [0.4, 0.5) is 0 Å². The number of hydrazone groups is 1. The van der Waals surface area contributed by atoms with Crippen molar-refractivity contribution in [3.8, 4) is 11.5 Å². The van der Waals surface area contributed by atoms with Gasteiger partial charge < -0.3 is 15.2 Å². The average molecular weight is 360 g/mol. The van der Waals surface area contributed by atoms with E-state index in [1.54, 1.807) is 12.1 Å². The number of nitrogens with one attached hydrogen (secondary N) is 1. The smallest absolute Gasteiger partial charge is 0.308 e. The Morgan fingerprint density at radius 1 is 1.60 bits per heavy atom. The van der Waals surface area contributed by atoms with Crippen LogP contribution in [0.1, 0.15) is 19.4 Å². The summed E-state index contributed by atoms with van der Waals surface area (Å²) in [6.07, 6.45) is 1.52. The van der Waals surface area contributed by atoms with Crippen LogP contribution in [-0.4, -0.2) is 23.9 Å². The number of hydrogen-bond donors (Lipinski definition) is 2. The minimum atomic E-state index is -0.428. The zero-order valence-corrected chi connectivity index (χ0v) is 13.4. The van der Waals surface area contributed by atoms with Crippen molar-refractivity contribution in [2.75, 3.05) is 6.61 Å². The number of carbonyl (C=O) groups is 1. The van der Waals surface area contributed by atoms with Gasteiger partial charge in [0.2, 0.25) is 0 Å². The molecule has 0 radical (unpaired) electrons. The largest absolute Gasteiger partial charge is 0.490 e. The summed E-state index contributed by atoms with van der Waals surface area (Å²) in [5.41, 5.74) is 8.43. The van der Waals surface area contributed by atoms with E-state index < -0.39 is 5.97 Å². The highest BCUT2D eigenvalue weighted by Gasteiger charge is 2.13. The number of benzene rings is 1. The first-order valence-electron chi connectivity index (χ1n) is 5.67. The molecule has 0 spiro atoms. The van der Waals surface area contributed by atoms with Crippen LogP contribution in [0.2, 0.25) is 0 Å². The van der Waals surface area contributed by atoms with Gasteiger partial charge in [-0.2, -0.15) is 5.10 Å². The fourth-order valence-corrected chi connectivity index (χ4v) is 1.93. The molecular weight excluding hydrogens is 346 g/mol. The second kappa shape index (κ2) is 7.81. The molecule has 1 rings (SSSR count). The molecular formula is C12H14BrN3O3S. The lowest BCUT2D eigenvalue weighted by Gasteiger charge is -2.12. The molecule has 0 amide bonds. The lowest BCUT2D eigenvalue weighted by molar-refractivity contribution is -0.132. The van der Waals surface area contributed by atoms with Crippen molar-refractivity contribution < 1.29 is 14.3 Å². The second-order valence-electron chi connectivity index (χ2n) is 3.59. The van der Waals surface area contributed by atoms with Gasteiger partial charge in [0.25, 0.3) is 0 Å². The van der Waals surface area contributed by atoms with E-state index in [4.69, 9.17) is 15.2 Å². The highest BCUT2D eigenvalue weighted by Crippen LogP contribution is 2.36. The van der Waals surface area contributed by atoms with Crippen molar-refractivity contribution in [1.29, 1.82) is 0 Å². The van der Waals surface area contributed by atoms with Crippen molar-refractivity contribution in [3.63, 3.8) is 0 Å². The summed E-state index contributed by atoms with van der Waals surface area (Å²) in [5.74, 6) is 0.343. The maximum absolute atomic E-state index is 11.1. The first-order valence-corrected chi connectivity index (χ1v) is 6.87. The predicted molar refractivity (Wildman–Crippen MR) is 84.1 cm³/mol. The Kier molecular flexibility index (Phi) is 6.40. The molecule has 0 atom stereocenters.